The lowest BCUT2D eigenvalue weighted by Crippen LogP contribution is -2.34. The van der Waals surface area contributed by atoms with E-state index in [1.165, 1.54) is 0 Å². The van der Waals surface area contributed by atoms with Gasteiger partial charge in [0.05, 0.1) is 5.56 Å². The van der Waals surface area contributed by atoms with Crippen LogP contribution < -0.4 is 11.3 Å². The van der Waals surface area contributed by atoms with Gasteiger partial charge in [0.25, 0.3) is 5.91 Å². The second-order valence-electron chi connectivity index (χ2n) is 4.79. The van der Waals surface area contributed by atoms with E-state index in [1.807, 2.05) is 7.05 Å². The minimum absolute atomic E-state index is 0.0625. The van der Waals surface area contributed by atoms with Gasteiger partial charge in [-0.15, -0.1) is 0 Å². The first-order valence-electron chi connectivity index (χ1n) is 6.47. The smallest absolute Gasteiger partial charge is 0.257 e. The molecule has 1 aromatic rings. The quantitative estimate of drug-likeness (QED) is 0.623. The Hall–Kier alpha value is -1.66. The van der Waals surface area contributed by atoms with E-state index < -0.39 is 0 Å². The first-order valence-corrected chi connectivity index (χ1v) is 6.47. The van der Waals surface area contributed by atoms with Gasteiger partial charge in [-0.1, -0.05) is 0 Å². The number of anilines is 1. The highest BCUT2D eigenvalue weighted by Gasteiger charge is 2.21. The molecule has 0 atom stereocenters. The molecule has 0 radical (unpaired) electrons. The summed E-state index contributed by atoms with van der Waals surface area (Å²) in [4.78, 5) is 18.1. The van der Waals surface area contributed by atoms with E-state index >= 15 is 0 Å². The molecule has 2 rings (SSSR count). The van der Waals surface area contributed by atoms with Crippen molar-refractivity contribution >= 4 is 11.7 Å². The van der Waals surface area contributed by atoms with Gasteiger partial charge in [0, 0.05) is 33.0 Å². The molecule has 6 nitrogen and oxygen atoms in total. The lowest BCUT2D eigenvalue weighted by molar-refractivity contribution is 0.0497. The summed E-state index contributed by atoms with van der Waals surface area (Å²) < 4.78 is 5.32. The highest BCUT2D eigenvalue weighted by molar-refractivity contribution is 5.98. The van der Waals surface area contributed by atoms with Crippen molar-refractivity contribution in [3.8, 4) is 0 Å². The average Bonchev–Trinajstić information content (AvgIpc) is 2.47. The fourth-order valence-electron chi connectivity index (χ4n) is 2.30. The number of carbonyl (C=O) groups excluding carboxylic acids is 1. The van der Waals surface area contributed by atoms with Crippen molar-refractivity contribution in [1.29, 1.82) is 0 Å². The topological polar surface area (TPSA) is 80.5 Å². The van der Waals surface area contributed by atoms with Crippen molar-refractivity contribution in [3.63, 3.8) is 0 Å². The Balaban J connectivity index is 2.01. The monoisotopic (exact) mass is 264 g/mol. The van der Waals surface area contributed by atoms with E-state index in [-0.39, 0.29) is 5.91 Å². The molecule has 104 valence electrons. The largest absolute Gasteiger partial charge is 0.381 e. The second kappa shape index (κ2) is 6.49. The molecule has 1 saturated heterocycles. The maximum absolute atomic E-state index is 12.4. The van der Waals surface area contributed by atoms with E-state index in [9.17, 15) is 4.79 Å². The number of nitrogen functional groups attached to an aromatic ring is 1. The summed E-state index contributed by atoms with van der Waals surface area (Å²) in [6.07, 6.45) is 3.61. The molecule has 0 bridgehead atoms. The zero-order valence-electron chi connectivity index (χ0n) is 11.1. The van der Waals surface area contributed by atoms with Crippen molar-refractivity contribution < 1.29 is 9.53 Å². The van der Waals surface area contributed by atoms with Crippen molar-refractivity contribution in [2.75, 3.05) is 32.2 Å². The normalized spacial score (nSPS) is 16.1. The zero-order valence-corrected chi connectivity index (χ0v) is 11.1. The number of nitrogens with zero attached hydrogens (tertiary/aromatic N) is 2. The third kappa shape index (κ3) is 3.42. The molecule has 0 spiro atoms. The van der Waals surface area contributed by atoms with Gasteiger partial charge >= 0.3 is 0 Å². The molecule has 0 saturated carbocycles. The highest BCUT2D eigenvalue weighted by Crippen LogP contribution is 2.18. The summed E-state index contributed by atoms with van der Waals surface area (Å²) in [5.41, 5.74) is 2.96. The minimum Gasteiger partial charge on any atom is -0.381 e. The van der Waals surface area contributed by atoms with Crippen LogP contribution >= 0.6 is 0 Å². The van der Waals surface area contributed by atoms with Crippen LogP contribution in [-0.2, 0) is 4.74 Å². The van der Waals surface area contributed by atoms with E-state index in [1.54, 1.807) is 23.2 Å². The highest BCUT2D eigenvalue weighted by atomic mass is 16.5. The Bertz CT molecular complexity index is 432. The van der Waals surface area contributed by atoms with Gasteiger partial charge in [-0.05, 0) is 30.9 Å². The molecule has 0 aromatic carbocycles. The molecule has 1 aliphatic heterocycles. The fourth-order valence-corrected chi connectivity index (χ4v) is 2.30. The Labute approximate surface area is 112 Å². The van der Waals surface area contributed by atoms with Crippen LogP contribution in [0.5, 0.6) is 0 Å². The van der Waals surface area contributed by atoms with Crippen LogP contribution in [-0.4, -0.2) is 42.6 Å². The Morgan fingerprint density at radius 2 is 2.32 bits per heavy atom. The van der Waals surface area contributed by atoms with Crippen molar-refractivity contribution in [2.24, 2.45) is 11.8 Å². The number of hydrazine groups is 1. The Morgan fingerprint density at radius 1 is 1.58 bits per heavy atom. The molecule has 3 N–H and O–H groups in total. The van der Waals surface area contributed by atoms with Crippen molar-refractivity contribution in [1.82, 2.24) is 9.88 Å². The van der Waals surface area contributed by atoms with Gasteiger partial charge in [-0.25, -0.2) is 10.8 Å². The number of nitrogens with one attached hydrogen (secondary N) is 1. The van der Waals surface area contributed by atoms with Crippen LogP contribution in [0.15, 0.2) is 18.3 Å². The van der Waals surface area contributed by atoms with Crippen LogP contribution in [0.3, 0.4) is 0 Å². The summed E-state index contributed by atoms with van der Waals surface area (Å²) in [5, 5.41) is 0. The number of hydrogen-bond donors (Lipinski definition) is 2. The summed E-state index contributed by atoms with van der Waals surface area (Å²) in [7, 11) is 1.81. The number of aromatic nitrogens is 1. The van der Waals surface area contributed by atoms with Gasteiger partial charge < -0.3 is 15.1 Å². The van der Waals surface area contributed by atoms with Gasteiger partial charge in [-0.2, -0.15) is 0 Å². The number of nitrogens with two attached hydrogens (primary N) is 1. The maximum atomic E-state index is 12.4. The molecule has 1 fully saturated rings. The molecule has 2 heterocycles. The Kier molecular flexibility index (Phi) is 4.70. The molecule has 1 aromatic heterocycles. The number of ether oxygens (including phenoxy) is 1. The van der Waals surface area contributed by atoms with Crippen LogP contribution in [0.25, 0.3) is 0 Å². The number of hydrogen-bond acceptors (Lipinski definition) is 5. The summed E-state index contributed by atoms with van der Waals surface area (Å²) in [6, 6.07) is 3.46. The van der Waals surface area contributed by atoms with Crippen molar-refractivity contribution in [2.45, 2.75) is 12.8 Å². The Morgan fingerprint density at radius 3 is 3.00 bits per heavy atom. The number of carbonyl (C=O) groups is 1. The van der Waals surface area contributed by atoms with Crippen LogP contribution in [0.2, 0.25) is 0 Å². The average molecular weight is 264 g/mol. The third-order valence-electron chi connectivity index (χ3n) is 3.39. The maximum Gasteiger partial charge on any atom is 0.257 e. The second-order valence-corrected chi connectivity index (χ2v) is 4.79. The SMILES string of the molecule is CN(CC1CCOCC1)C(=O)c1cccnc1NN. The molecular formula is C13H20N4O2. The predicted molar refractivity (Wildman–Crippen MR) is 72.6 cm³/mol. The zero-order chi connectivity index (χ0) is 13.7. The van der Waals surface area contributed by atoms with E-state index in [0.717, 1.165) is 32.6 Å². The number of pyridine rings is 1. The fraction of sp³-hybridized carbons (Fsp3) is 0.538. The standard InChI is InChI=1S/C13H20N4O2/c1-17(9-10-4-7-19-8-5-10)13(18)11-3-2-6-15-12(11)16-14/h2-3,6,10H,4-5,7-9,14H2,1H3,(H,15,16). The van der Waals surface area contributed by atoms with E-state index in [4.69, 9.17) is 10.6 Å². The van der Waals surface area contributed by atoms with Crippen LogP contribution in [0, 0.1) is 5.92 Å². The lowest BCUT2D eigenvalue weighted by Gasteiger charge is -2.27. The molecule has 19 heavy (non-hydrogen) atoms. The molecule has 1 aliphatic rings. The van der Waals surface area contributed by atoms with Crippen LogP contribution in [0.4, 0.5) is 5.82 Å². The molecule has 6 heteroatoms. The van der Waals surface area contributed by atoms with E-state index in [0.29, 0.717) is 17.3 Å². The van der Waals surface area contributed by atoms with Gasteiger partial charge in [-0.3, -0.25) is 4.79 Å². The molecular weight excluding hydrogens is 244 g/mol. The van der Waals surface area contributed by atoms with Crippen LogP contribution in [0.1, 0.15) is 23.2 Å². The minimum atomic E-state index is -0.0625. The predicted octanol–water partition coefficient (Wildman–Crippen LogP) is 0.866. The summed E-state index contributed by atoms with van der Waals surface area (Å²) in [6.45, 7) is 2.31. The first kappa shape index (κ1) is 13.8. The van der Waals surface area contributed by atoms with E-state index in [2.05, 4.69) is 10.4 Å². The lowest BCUT2D eigenvalue weighted by atomic mass is 9.99. The van der Waals surface area contributed by atoms with Crippen molar-refractivity contribution in [3.05, 3.63) is 23.9 Å². The molecule has 0 aliphatic carbocycles. The number of amides is 1. The summed E-state index contributed by atoms with van der Waals surface area (Å²) >= 11 is 0. The molecule has 0 unspecified atom stereocenters. The molecule has 1 amide bonds. The van der Waals surface area contributed by atoms with Gasteiger partial charge in [0.15, 0.2) is 5.82 Å². The van der Waals surface area contributed by atoms with Gasteiger partial charge in [0.2, 0.25) is 0 Å². The first-order chi connectivity index (χ1) is 9.22. The third-order valence-corrected chi connectivity index (χ3v) is 3.39. The summed E-state index contributed by atoms with van der Waals surface area (Å²) in [5.74, 6) is 6.23. The van der Waals surface area contributed by atoms with Gasteiger partial charge in [0.1, 0.15) is 0 Å². The number of rotatable bonds is 4.